The number of hydrogen-bond donors (Lipinski definition) is 0. The van der Waals surface area contributed by atoms with Crippen LogP contribution in [0.3, 0.4) is 0 Å². The first-order valence-electron chi connectivity index (χ1n) is 7.97. The van der Waals surface area contributed by atoms with Crippen LogP contribution in [-0.4, -0.2) is 52.9 Å². The second-order valence-corrected chi connectivity index (χ2v) is 2.31. The zero-order chi connectivity index (χ0) is 21.7. The first-order chi connectivity index (χ1) is 11.3. The number of hydrogen-bond acceptors (Lipinski definition) is 8. The third kappa shape index (κ3) is 7390. The molecule has 0 unspecified atom stereocenters. The standard InChI is InChI=1S/8C2H5O.Hf.Zr/c8*1-2-3;;/h8*2H2,1H3;;/q8*-1;2*+4. The molecule has 10 heteroatoms. The van der Waals surface area contributed by atoms with Crippen molar-refractivity contribution in [3.05, 3.63) is 0 Å². The molecule has 0 amide bonds. The smallest absolute Gasteiger partial charge is 0.855 e. The van der Waals surface area contributed by atoms with E-state index < -0.39 is 0 Å². The molecule has 0 fully saturated rings. The fourth-order valence-corrected chi connectivity index (χ4v) is 0. The topological polar surface area (TPSA) is 184 Å². The van der Waals surface area contributed by atoms with E-state index in [2.05, 4.69) is 0 Å². The van der Waals surface area contributed by atoms with Crippen LogP contribution in [0.15, 0.2) is 0 Å². The Hall–Kier alpha value is 1.43. The van der Waals surface area contributed by atoms with E-state index >= 15 is 0 Å². The predicted octanol–water partition coefficient (Wildman–Crippen LogP) is -5.07. The minimum absolute atomic E-state index is 0. The largest absolute Gasteiger partial charge is 4.00 e. The van der Waals surface area contributed by atoms with Gasteiger partial charge in [0.1, 0.15) is 0 Å². The summed E-state index contributed by atoms with van der Waals surface area (Å²) in [5, 5.41) is 71.4. The van der Waals surface area contributed by atoms with E-state index in [0.29, 0.717) is 0 Å². The van der Waals surface area contributed by atoms with Gasteiger partial charge in [-0.1, -0.05) is 55.4 Å². The van der Waals surface area contributed by atoms with Crippen molar-refractivity contribution >= 4 is 0 Å². The zero-order valence-corrected chi connectivity index (χ0v) is 24.0. The minimum Gasteiger partial charge on any atom is -0.855 e. The van der Waals surface area contributed by atoms with Crippen molar-refractivity contribution in [2.24, 2.45) is 0 Å². The van der Waals surface area contributed by atoms with Crippen LogP contribution in [0.1, 0.15) is 55.4 Å². The van der Waals surface area contributed by atoms with Crippen LogP contribution in [0.2, 0.25) is 0 Å². The Morgan fingerprint density at radius 2 is 0.308 bits per heavy atom. The first kappa shape index (κ1) is 63.1. The van der Waals surface area contributed by atoms with E-state index in [1.165, 1.54) is 0 Å². The molecule has 0 bridgehead atoms. The maximum Gasteiger partial charge on any atom is 4.00 e. The summed E-state index contributed by atoms with van der Waals surface area (Å²) < 4.78 is 0. The molecule has 0 atom stereocenters. The van der Waals surface area contributed by atoms with Gasteiger partial charge in [0, 0.05) is 0 Å². The third-order valence-electron chi connectivity index (χ3n) is 0. The summed E-state index contributed by atoms with van der Waals surface area (Å²) in [6.07, 6.45) is 0. The van der Waals surface area contributed by atoms with Crippen LogP contribution in [0.25, 0.3) is 0 Å². The summed E-state index contributed by atoms with van der Waals surface area (Å²) in [6, 6.07) is 0. The Labute approximate surface area is 200 Å². The molecule has 160 valence electrons. The van der Waals surface area contributed by atoms with Crippen LogP contribution in [0, 0.1) is 0 Å². The van der Waals surface area contributed by atoms with E-state index in [4.69, 9.17) is 40.9 Å². The molecule has 0 aliphatic carbocycles. The second kappa shape index (κ2) is 192. The van der Waals surface area contributed by atoms with Gasteiger partial charge in [-0.2, -0.15) is 0 Å². The van der Waals surface area contributed by atoms with Crippen molar-refractivity contribution in [3.8, 4) is 0 Å². The Bertz CT molecular complexity index is 58.2. The van der Waals surface area contributed by atoms with Gasteiger partial charge in [0.05, 0.1) is 0 Å². The third-order valence-corrected chi connectivity index (χ3v) is 0. The van der Waals surface area contributed by atoms with Crippen LogP contribution in [0.5, 0.6) is 0 Å². The SMILES string of the molecule is CC[O-].CC[O-].CC[O-].CC[O-].CC[O-].CC[O-].CC[O-].CC[O-].[Hf+4].[Zr+4]. The van der Waals surface area contributed by atoms with Crippen molar-refractivity contribution in [1.82, 2.24) is 0 Å². The van der Waals surface area contributed by atoms with Crippen LogP contribution in [-0.2, 0) is 52.0 Å². The van der Waals surface area contributed by atoms with Crippen LogP contribution in [0.4, 0.5) is 0 Å². The quantitative estimate of drug-likeness (QED) is 0.238. The fourth-order valence-electron chi connectivity index (χ4n) is 0. The average Bonchev–Trinajstić information content (AvgIpc) is 2.45. The Morgan fingerprint density at radius 1 is 0.308 bits per heavy atom. The molecule has 0 saturated carbocycles. The van der Waals surface area contributed by atoms with E-state index in [9.17, 15) is 0 Å². The first-order valence-corrected chi connectivity index (χ1v) is 7.97. The maximum atomic E-state index is 8.93. The van der Waals surface area contributed by atoms with Crippen molar-refractivity contribution in [3.63, 3.8) is 0 Å². The summed E-state index contributed by atoms with van der Waals surface area (Å²) in [4.78, 5) is 0. The average molecular weight is 630 g/mol. The molecular weight excluding hydrogens is 590 g/mol. The monoisotopic (exact) mass is 630 g/mol. The van der Waals surface area contributed by atoms with Gasteiger partial charge < -0.3 is 40.9 Å². The van der Waals surface area contributed by atoms with Crippen molar-refractivity contribution < 1.29 is 92.9 Å². The zero-order valence-electron chi connectivity index (χ0n) is 17.9. The van der Waals surface area contributed by atoms with E-state index in [1.54, 1.807) is 55.4 Å². The van der Waals surface area contributed by atoms with E-state index in [0.717, 1.165) is 0 Å². The summed E-state index contributed by atoms with van der Waals surface area (Å²) in [5.41, 5.74) is 0. The van der Waals surface area contributed by atoms with Gasteiger partial charge in [-0.3, -0.25) is 0 Å². The predicted molar refractivity (Wildman–Crippen MR) is 84.3 cm³/mol. The van der Waals surface area contributed by atoms with Gasteiger partial charge in [-0.05, 0) is 0 Å². The van der Waals surface area contributed by atoms with Gasteiger partial charge in [-0.15, -0.1) is 52.9 Å². The van der Waals surface area contributed by atoms with Crippen LogP contribution >= 0.6 is 0 Å². The second-order valence-electron chi connectivity index (χ2n) is 2.31. The molecule has 8 nitrogen and oxygen atoms in total. The van der Waals surface area contributed by atoms with Crippen molar-refractivity contribution in [2.75, 3.05) is 52.9 Å². The molecule has 0 radical (unpaired) electrons. The summed E-state index contributed by atoms with van der Waals surface area (Å²) in [7, 11) is 0. The van der Waals surface area contributed by atoms with E-state index in [-0.39, 0.29) is 105 Å². The molecule has 0 N–H and O–H groups in total. The fraction of sp³-hybridized carbons (Fsp3) is 1.00. The molecule has 0 spiro atoms. The van der Waals surface area contributed by atoms with Gasteiger partial charge in [0.2, 0.25) is 0 Å². The molecular formula is C16H40HfO8Zr. The molecule has 0 aromatic heterocycles. The Morgan fingerprint density at radius 3 is 0.308 bits per heavy atom. The maximum absolute atomic E-state index is 8.93. The van der Waals surface area contributed by atoms with Gasteiger partial charge in [0.15, 0.2) is 0 Å². The van der Waals surface area contributed by atoms with Crippen molar-refractivity contribution in [2.45, 2.75) is 55.4 Å². The molecule has 26 heavy (non-hydrogen) atoms. The molecule has 0 aliphatic rings. The molecule has 0 aromatic rings. The minimum atomic E-state index is 0. The molecule has 0 aliphatic heterocycles. The summed E-state index contributed by atoms with van der Waals surface area (Å²) in [6.45, 7) is 12.6. The molecule has 0 rings (SSSR count). The summed E-state index contributed by atoms with van der Waals surface area (Å²) >= 11 is 0. The van der Waals surface area contributed by atoms with Gasteiger partial charge >= 0.3 is 52.0 Å². The molecule has 0 heterocycles. The summed E-state index contributed by atoms with van der Waals surface area (Å²) in [5.74, 6) is 0. The van der Waals surface area contributed by atoms with Gasteiger partial charge in [-0.25, -0.2) is 0 Å². The van der Waals surface area contributed by atoms with Crippen molar-refractivity contribution in [1.29, 1.82) is 0 Å². The Balaban J connectivity index is -0.0000000139. The van der Waals surface area contributed by atoms with Gasteiger partial charge in [0.25, 0.3) is 0 Å². The van der Waals surface area contributed by atoms with Crippen LogP contribution < -0.4 is 40.9 Å². The normalized spacial score (nSPS) is 5.54. The number of rotatable bonds is 0. The Kier molecular flexibility index (Phi) is 466. The molecule has 0 aromatic carbocycles. The van der Waals surface area contributed by atoms with E-state index in [1.807, 2.05) is 0 Å². The molecule has 0 saturated heterocycles.